The monoisotopic (exact) mass is 257 g/mol. The second-order valence-corrected chi connectivity index (χ2v) is 4.67. The number of nitrogens with one attached hydrogen (secondary N) is 1. The van der Waals surface area contributed by atoms with E-state index in [-0.39, 0.29) is 17.7 Å². The molecule has 104 valence electrons. The number of methoxy groups -OCH3 is 1. The van der Waals surface area contributed by atoms with Crippen molar-refractivity contribution in [2.24, 2.45) is 11.7 Å². The predicted molar refractivity (Wildman–Crippen MR) is 67.9 cm³/mol. The summed E-state index contributed by atoms with van der Waals surface area (Å²) >= 11 is 0. The number of hydrogen-bond donors (Lipinski definition) is 2. The van der Waals surface area contributed by atoms with E-state index in [0.717, 1.165) is 25.8 Å². The lowest BCUT2D eigenvalue weighted by atomic mass is 9.97. The van der Waals surface area contributed by atoms with E-state index in [0.29, 0.717) is 26.2 Å². The Balaban J connectivity index is 2.20. The summed E-state index contributed by atoms with van der Waals surface area (Å²) in [6.45, 7) is 3.07. The first-order valence-corrected chi connectivity index (χ1v) is 6.40. The number of primary amides is 1. The fourth-order valence-electron chi connectivity index (χ4n) is 2.13. The Morgan fingerprint density at radius 2 is 2.28 bits per heavy atom. The van der Waals surface area contributed by atoms with Gasteiger partial charge >= 0.3 is 0 Å². The van der Waals surface area contributed by atoms with Gasteiger partial charge in [0.15, 0.2) is 0 Å². The zero-order valence-electron chi connectivity index (χ0n) is 11.0. The average Bonchev–Trinajstić information content (AvgIpc) is 2.35. The summed E-state index contributed by atoms with van der Waals surface area (Å²) < 4.78 is 4.90. The number of hydrogen-bond acceptors (Lipinski definition) is 4. The number of nitrogens with zero attached hydrogens (tertiary/aromatic N) is 1. The van der Waals surface area contributed by atoms with E-state index >= 15 is 0 Å². The van der Waals surface area contributed by atoms with Gasteiger partial charge in [0.25, 0.3) is 0 Å². The highest BCUT2D eigenvalue weighted by molar-refractivity contribution is 5.79. The zero-order chi connectivity index (χ0) is 13.4. The number of amides is 2. The van der Waals surface area contributed by atoms with Crippen molar-refractivity contribution < 1.29 is 14.3 Å². The summed E-state index contributed by atoms with van der Waals surface area (Å²) in [6, 6.07) is 0. The second-order valence-electron chi connectivity index (χ2n) is 4.67. The Hall–Kier alpha value is -1.14. The maximum atomic E-state index is 11.6. The fraction of sp³-hybridized carbons (Fsp3) is 0.833. The number of carbonyl (C=O) groups excluding carboxylic acids is 2. The number of ether oxygens (including phenoxy) is 1. The van der Waals surface area contributed by atoms with Crippen molar-refractivity contribution in [2.45, 2.75) is 19.3 Å². The van der Waals surface area contributed by atoms with Gasteiger partial charge in [-0.1, -0.05) is 0 Å². The van der Waals surface area contributed by atoms with Gasteiger partial charge in [0, 0.05) is 26.8 Å². The molecule has 0 aromatic heterocycles. The van der Waals surface area contributed by atoms with Crippen molar-refractivity contribution in [3.8, 4) is 0 Å². The van der Waals surface area contributed by atoms with Gasteiger partial charge in [-0.15, -0.1) is 0 Å². The summed E-state index contributed by atoms with van der Waals surface area (Å²) in [4.78, 5) is 24.7. The maximum absolute atomic E-state index is 11.6. The summed E-state index contributed by atoms with van der Waals surface area (Å²) in [6.07, 6.45) is 2.57. The average molecular weight is 257 g/mol. The smallest absolute Gasteiger partial charge is 0.234 e. The standard InChI is InChI=1S/C12H23N3O3/c1-18-7-3-5-14-11(16)9-15-6-2-4-10(8-15)12(13)17/h10H,2-9H2,1H3,(H2,13,17)(H,14,16)/t10-/m0/s1. The number of carbonyl (C=O) groups is 2. The lowest BCUT2D eigenvalue weighted by Gasteiger charge is -2.30. The summed E-state index contributed by atoms with van der Waals surface area (Å²) in [5, 5.41) is 2.83. The van der Waals surface area contributed by atoms with Crippen LogP contribution in [0.15, 0.2) is 0 Å². The molecule has 0 radical (unpaired) electrons. The van der Waals surface area contributed by atoms with E-state index in [1.165, 1.54) is 0 Å². The zero-order valence-corrected chi connectivity index (χ0v) is 11.0. The van der Waals surface area contributed by atoms with Crippen LogP contribution in [0.25, 0.3) is 0 Å². The Bertz CT molecular complexity index is 284. The van der Waals surface area contributed by atoms with E-state index in [1.807, 2.05) is 4.90 Å². The fourth-order valence-corrected chi connectivity index (χ4v) is 2.13. The van der Waals surface area contributed by atoms with Gasteiger partial charge in [0.1, 0.15) is 0 Å². The molecule has 6 nitrogen and oxygen atoms in total. The van der Waals surface area contributed by atoms with Crippen LogP contribution in [-0.4, -0.2) is 56.6 Å². The molecule has 1 aliphatic heterocycles. The van der Waals surface area contributed by atoms with Gasteiger partial charge in [0.2, 0.25) is 11.8 Å². The molecule has 18 heavy (non-hydrogen) atoms. The Kier molecular flexibility index (Phi) is 6.67. The van der Waals surface area contributed by atoms with Crippen molar-refractivity contribution in [3.63, 3.8) is 0 Å². The van der Waals surface area contributed by atoms with Crippen LogP contribution in [0, 0.1) is 5.92 Å². The minimum Gasteiger partial charge on any atom is -0.385 e. The molecule has 2 amide bonds. The molecule has 0 unspecified atom stereocenters. The highest BCUT2D eigenvalue weighted by atomic mass is 16.5. The van der Waals surface area contributed by atoms with Crippen molar-refractivity contribution in [2.75, 3.05) is 39.9 Å². The molecule has 1 saturated heterocycles. The first kappa shape index (κ1) is 14.9. The van der Waals surface area contributed by atoms with E-state index in [9.17, 15) is 9.59 Å². The minimum atomic E-state index is -0.264. The molecule has 1 fully saturated rings. The lowest BCUT2D eigenvalue weighted by Crippen LogP contribution is -2.45. The molecule has 1 rings (SSSR count). The lowest BCUT2D eigenvalue weighted by molar-refractivity contribution is -0.126. The highest BCUT2D eigenvalue weighted by Crippen LogP contribution is 2.15. The first-order chi connectivity index (χ1) is 8.63. The topological polar surface area (TPSA) is 84.7 Å². The van der Waals surface area contributed by atoms with Crippen LogP contribution < -0.4 is 11.1 Å². The van der Waals surface area contributed by atoms with Crippen LogP contribution in [0.4, 0.5) is 0 Å². The van der Waals surface area contributed by atoms with Gasteiger partial charge in [-0.05, 0) is 25.8 Å². The quantitative estimate of drug-likeness (QED) is 0.593. The third-order valence-electron chi connectivity index (χ3n) is 3.12. The predicted octanol–water partition coefficient (Wildman–Crippen LogP) is -0.664. The van der Waals surface area contributed by atoms with E-state index in [2.05, 4.69) is 5.32 Å². The Morgan fingerprint density at radius 1 is 1.50 bits per heavy atom. The van der Waals surface area contributed by atoms with Crippen molar-refractivity contribution >= 4 is 11.8 Å². The molecule has 1 aliphatic rings. The summed E-state index contributed by atoms with van der Waals surface area (Å²) in [5.74, 6) is -0.378. The molecule has 0 bridgehead atoms. The summed E-state index contributed by atoms with van der Waals surface area (Å²) in [5.41, 5.74) is 5.29. The third kappa shape index (κ3) is 5.46. The van der Waals surface area contributed by atoms with Gasteiger partial charge in [-0.3, -0.25) is 14.5 Å². The second kappa shape index (κ2) is 8.05. The largest absolute Gasteiger partial charge is 0.385 e. The number of likely N-dealkylation sites (tertiary alicyclic amines) is 1. The summed E-state index contributed by atoms with van der Waals surface area (Å²) in [7, 11) is 1.64. The molecular weight excluding hydrogens is 234 g/mol. The van der Waals surface area contributed by atoms with Gasteiger partial charge < -0.3 is 15.8 Å². The maximum Gasteiger partial charge on any atom is 0.234 e. The SMILES string of the molecule is COCCCNC(=O)CN1CCC[C@H](C(N)=O)C1. The van der Waals surface area contributed by atoms with Crippen molar-refractivity contribution in [1.29, 1.82) is 0 Å². The highest BCUT2D eigenvalue weighted by Gasteiger charge is 2.24. The van der Waals surface area contributed by atoms with Crippen LogP contribution in [0.5, 0.6) is 0 Å². The molecule has 3 N–H and O–H groups in total. The van der Waals surface area contributed by atoms with E-state index in [1.54, 1.807) is 7.11 Å². The molecule has 0 aliphatic carbocycles. The molecule has 0 aromatic rings. The van der Waals surface area contributed by atoms with Crippen LogP contribution in [0.3, 0.4) is 0 Å². The number of nitrogens with two attached hydrogens (primary N) is 1. The van der Waals surface area contributed by atoms with Crippen molar-refractivity contribution in [3.05, 3.63) is 0 Å². The first-order valence-electron chi connectivity index (χ1n) is 6.40. The molecule has 0 saturated carbocycles. The van der Waals surface area contributed by atoms with Crippen LogP contribution >= 0.6 is 0 Å². The molecule has 0 aromatic carbocycles. The number of piperidine rings is 1. The Labute approximate surface area is 108 Å². The molecule has 1 heterocycles. The van der Waals surface area contributed by atoms with Gasteiger partial charge in [0.05, 0.1) is 12.5 Å². The van der Waals surface area contributed by atoms with Gasteiger partial charge in [-0.2, -0.15) is 0 Å². The van der Waals surface area contributed by atoms with Crippen LogP contribution in [0.1, 0.15) is 19.3 Å². The molecule has 1 atom stereocenters. The normalized spacial score (nSPS) is 20.6. The molecular formula is C12H23N3O3. The van der Waals surface area contributed by atoms with Gasteiger partial charge in [-0.25, -0.2) is 0 Å². The van der Waals surface area contributed by atoms with E-state index < -0.39 is 0 Å². The molecule has 0 spiro atoms. The van der Waals surface area contributed by atoms with Crippen LogP contribution in [0.2, 0.25) is 0 Å². The third-order valence-corrected chi connectivity index (χ3v) is 3.12. The van der Waals surface area contributed by atoms with Crippen LogP contribution in [-0.2, 0) is 14.3 Å². The molecule has 6 heteroatoms. The number of rotatable bonds is 7. The minimum absolute atomic E-state index is 0.00350. The van der Waals surface area contributed by atoms with E-state index in [4.69, 9.17) is 10.5 Å². The van der Waals surface area contributed by atoms with Crippen molar-refractivity contribution in [1.82, 2.24) is 10.2 Å². The Morgan fingerprint density at radius 3 is 2.94 bits per heavy atom.